The molecule has 0 fully saturated rings. The molecule has 0 saturated heterocycles. The Balaban J connectivity index is 1.35. The van der Waals surface area contributed by atoms with Gasteiger partial charge in [-0.3, -0.25) is 0 Å². The lowest BCUT2D eigenvalue weighted by Gasteiger charge is -2.11. The summed E-state index contributed by atoms with van der Waals surface area (Å²) in [6.07, 6.45) is 5.96. The number of benzene rings is 4. The van der Waals surface area contributed by atoms with Crippen molar-refractivity contribution in [3.05, 3.63) is 124 Å². The van der Waals surface area contributed by atoms with Gasteiger partial charge in [0.05, 0.1) is 30.5 Å². The maximum Gasteiger partial charge on any atom is 0.338 e. The van der Waals surface area contributed by atoms with E-state index in [4.69, 9.17) is 42.4 Å². The molecule has 0 saturated carbocycles. The van der Waals surface area contributed by atoms with E-state index in [1.165, 1.54) is 7.11 Å². The zero-order valence-corrected chi connectivity index (χ0v) is 25.5. The van der Waals surface area contributed by atoms with Gasteiger partial charge in [0.2, 0.25) is 0 Å². The number of hydrogen-bond acceptors (Lipinski definition) is 5. The topological polar surface area (TPSA) is 62.6 Å². The largest absolute Gasteiger partial charge is 0.496 e. The summed E-state index contributed by atoms with van der Waals surface area (Å²) in [5.74, 6) is 1.86. The molecule has 0 aliphatic rings. The highest BCUT2D eigenvalue weighted by Crippen LogP contribution is 2.32. The van der Waals surface area contributed by atoms with Crippen molar-refractivity contribution in [2.24, 2.45) is 0 Å². The van der Waals surface area contributed by atoms with Crippen LogP contribution in [0.1, 0.15) is 34.2 Å². The van der Waals surface area contributed by atoms with Crippen molar-refractivity contribution in [1.82, 2.24) is 9.55 Å². The highest BCUT2D eigenvalue weighted by atomic mass is 35.5. The van der Waals surface area contributed by atoms with Crippen LogP contribution < -0.4 is 9.47 Å². The molecule has 5 aromatic rings. The number of aryl methyl sites for hydroxylation is 1. The van der Waals surface area contributed by atoms with Crippen LogP contribution in [0.15, 0.2) is 91.1 Å². The van der Waals surface area contributed by atoms with Gasteiger partial charge in [-0.1, -0.05) is 59.6 Å². The third-order valence-electron chi connectivity index (χ3n) is 7.00. The third-order valence-corrected chi connectivity index (χ3v) is 7.55. The molecule has 0 spiro atoms. The molecule has 5 rings (SSSR count). The molecule has 1 heterocycles. The minimum absolute atomic E-state index is 0.252. The molecule has 0 radical (unpaired) electrons. The van der Waals surface area contributed by atoms with Crippen LogP contribution >= 0.6 is 23.2 Å². The van der Waals surface area contributed by atoms with E-state index in [0.717, 1.165) is 51.6 Å². The zero-order chi connectivity index (χ0) is 30.3. The van der Waals surface area contributed by atoms with E-state index >= 15 is 0 Å². The molecule has 218 valence electrons. The number of nitrogens with zero attached hydrogens (tertiary/aromatic N) is 2. The number of methoxy groups -OCH3 is 2. The van der Waals surface area contributed by atoms with E-state index in [1.54, 1.807) is 25.3 Å². The first-order chi connectivity index (χ1) is 20.9. The van der Waals surface area contributed by atoms with Crippen molar-refractivity contribution in [3.8, 4) is 33.9 Å². The second-order valence-corrected chi connectivity index (χ2v) is 10.5. The Hall–Kier alpha value is -4.52. The standard InChI is InChI=1S/C35H30Cl2N2O4/c1-4-39-21-32(30-16-13-27(36)20-31(30)37)38-34(39)18-12-25-19-24(11-17-33(25)41-2)23-9-14-28(15-10-23)43-22-26-7-5-6-8-29(26)35(40)42-3/h5-21H,4,22H2,1-3H3/b18-12+. The summed E-state index contributed by atoms with van der Waals surface area (Å²) in [6, 6.07) is 26.5. The van der Waals surface area contributed by atoms with Crippen molar-refractivity contribution in [2.45, 2.75) is 20.1 Å². The van der Waals surface area contributed by atoms with Crippen LogP contribution in [0.2, 0.25) is 10.0 Å². The van der Waals surface area contributed by atoms with Crippen molar-refractivity contribution < 1.29 is 19.0 Å². The van der Waals surface area contributed by atoms with Gasteiger partial charge < -0.3 is 18.8 Å². The average Bonchev–Trinajstić information content (AvgIpc) is 3.45. The van der Waals surface area contributed by atoms with Gasteiger partial charge >= 0.3 is 5.97 Å². The normalized spacial score (nSPS) is 11.1. The number of carbonyl (C=O) groups excluding carboxylic acids is 1. The number of imidazole rings is 1. The van der Waals surface area contributed by atoms with Gasteiger partial charge in [0.15, 0.2) is 0 Å². The predicted octanol–water partition coefficient (Wildman–Crippen LogP) is 9.09. The second kappa shape index (κ2) is 13.6. The van der Waals surface area contributed by atoms with Gasteiger partial charge in [-0.15, -0.1) is 0 Å². The number of aromatic nitrogens is 2. The molecule has 0 amide bonds. The van der Waals surface area contributed by atoms with E-state index in [0.29, 0.717) is 21.4 Å². The SMILES string of the molecule is CCn1cc(-c2ccc(Cl)cc2Cl)nc1/C=C/c1cc(-c2ccc(OCc3ccccc3C(=O)OC)cc2)ccc1OC. The lowest BCUT2D eigenvalue weighted by Crippen LogP contribution is -2.07. The Labute approximate surface area is 261 Å². The summed E-state index contributed by atoms with van der Waals surface area (Å²) in [7, 11) is 3.03. The quantitative estimate of drug-likeness (QED) is 0.147. The minimum atomic E-state index is -0.385. The predicted molar refractivity (Wildman–Crippen MR) is 173 cm³/mol. The van der Waals surface area contributed by atoms with Crippen LogP contribution in [0, 0.1) is 0 Å². The molecule has 43 heavy (non-hydrogen) atoms. The lowest BCUT2D eigenvalue weighted by atomic mass is 10.0. The van der Waals surface area contributed by atoms with Crippen LogP contribution in [-0.4, -0.2) is 29.7 Å². The zero-order valence-electron chi connectivity index (χ0n) is 24.0. The van der Waals surface area contributed by atoms with Crippen LogP contribution in [0.3, 0.4) is 0 Å². The van der Waals surface area contributed by atoms with Crippen LogP contribution in [0.4, 0.5) is 0 Å². The first-order valence-electron chi connectivity index (χ1n) is 13.7. The Morgan fingerprint density at radius 1 is 0.907 bits per heavy atom. The van der Waals surface area contributed by atoms with Crippen LogP contribution in [0.25, 0.3) is 34.5 Å². The Morgan fingerprint density at radius 2 is 1.67 bits per heavy atom. The number of halogens is 2. The van der Waals surface area contributed by atoms with E-state index in [2.05, 4.69) is 17.6 Å². The van der Waals surface area contributed by atoms with Crippen molar-refractivity contribution in [1.29, 1.82) is 0 Å². The van der Waals surface area contributed by atoms with Crippen molar-refractivity contribution >= 4 is 41.3 Å². The number of esters is 1. The van der Waals surface area contributed by atoms with Gasteiger partial charge in [-0.25, -0.2) is 9.78 Å². The first-order valence-corrected chi connectivity index (χ1v) is 14.4. The monoisotopic (exact) mass is 612 g/mol. The molecule has 8 heteroatoms. The molecule has 0 aliphatic heterocycles. The summed E-state index contributed by atoms with van der Waals surface area (Å²) in [6.45, 7) is 3.07. The highest BCUT2D eigenvalue weighted by molar-refractivity contribution is 6.36. The fourth-order valence-corrected chi connectivity index (χ4v) is 5.22. The van der Waals surface area contributed by atoms with Crippen LogP contribution in [-0.2, 0) is 17.9 Å². The molecule has 1 aromatic heterocycles. The highest BCUT2D eigenvalue weighted by Gasteiger charge is 2.13. The Kier molecular flexibility index (Phi) is 9.50. The first kappa shape index (κ1) is 30.0. The van der Waals surface area contributed by atoms with E-state index in [1.807, 2.05) is 79.0 Å². The van der Waals surface area contributed by atoms with Gasteiger partial charge in [0.1, 0.15) is 23.9 Å². The minimum Gasteiger partial charge on any atom is -0.496 e. The maximum absolute atomic E-state index is 12.1. The molecule has 0 atom stereocenters. The molecule has 6 nitrogen and oxygen atoms in total. The van der Waals surface area contributed by atoms with E-state index in [-0.39, 0.29) is 12.6 Å². The van der Waals surface area contributed by atoms with Crippen molar-refractivity contribution in [3.63, 3.8) is 0 Å². The molecule has 0 bridgehead atoms. The molecule has 0 unspecified atom stereocenters. The van der Waals surface area contributed by atoms with Crippen molar-refractivity contribution in [2.75, 3.05) is 14.2 Å². The van der Waals surface area contributed by atoms with Gasteiger partial charge in [0.25, 0.3) is 0 Å². The number of hydrogen-bond donors (Lipinski definition) is 0. The fraction of sp³-hybridized carbons (Fsp3) is 0.143. The third kappa shape index (κ3) is 6.94. The lowest BCUT2D eigenvalue weighted by molar-refractivity contribution is 0.0597. The second-order valence-electron chi connectivity index (χ2n) is 9.65. The van der Waals surface area contributed by atoms with E-state index < -0.39 is 0 Å². The van der Waals surface area contributed by atoms with Crippen LogP contribution in [0.5, 0.6) is 11.5 Å². The fourth-order valence-electron chi connectivity index (χ4n) is 4.71. The number of ether oxygens (including phenoxy) is 3. The maximum atomic E-state index is 12.1. The van der Waals surface area contributed by atoms with Gasteiger partial charge in [-0.2, -0.15) is 0 Å². The summed E-state index contributed by atoms with van der Waals surface area (Å²) in [5, 5.41) is 1.14. The number of rotatable bonds is 10. The molecular formula is C35H30Cl2N2O4. The Morgan fingerprint density at radius 3 is 2.40 bits per heavy atom. The summed E-state index contributed by atoms with van der Waals surface area (Å²) >= 11 is 12.5. The summed E-state index contributed by atoms with van der Waals surface area (Å²) < 4.78 is 18.6. The number of carbonyl (C=O) groups is 1. The molecular weight excluding hydrogens is 583 g/mol. The molecule has 0 N–H and O–H groups in total. The summed E-state index contributed by atoms with van der Waals surface area (Å²) in [4.78, 5) is 16.9. The molecule has 0 aliphatic carbocycles. The summed E-state index contributed by atoms with van der Waals surface area (Å²) in [5.41, 5.74) is 5.82. The Bertz CT molecular complexity index is 1780. The van der Waals surface area contributed by atoms with E-state index in [9.17, 15) is 4.79 Å². The van der Waals surface area contributed by atoms with Gasteiger partial charge in [0, 0.05) is 34.5 Å². The smallest absolute Gasteiger partial charge is 0.338 e. The average molecular weight is 614 g/mol. The van der Waals surface area contributed by atoms with Gasteiger partial charge in [-0.05, 0) is 78.7 Å². The molecule has 4 aromatic carbocycles.